The van der Waals surface area contributed by atoms with Crippen LogP contribution in [0, 0.1) is 0 Å². The quantitative estimate of drug-likeness (QED) is 0.352. The summed E-state index contributed by atoms with van der Waals surface area (Å²) in [4.78, 5) is 59.4. The first-order chi connectivity index (χ1) is 14.8. The van der Waals surface area contributed by atoms with Crippen molar-refractivity contribution in [2.75, 3.05) is 0 Å². The molecule has 0 unspecified atom stereocenters. The molecule has 10 heteroatoms. The highest BCUT2D eigenvalue weighted by molar-refractivity contribution is 5.66. The SMILES string of the molecule is CCCCCCCCCCCCn1c(=O)n(CCC(=O)O)c(=O)n(CCC(=O)O)c1=O. The van der Waals surface area contributed by atoms with E-state index in [0.717, 1.165) is 30.3 Å². The van der Waals surface area contributed by atoms with Crippen molar-refractivity contribution in [3.63, 3.8) is 0 Å². The molecular formula is C21H35N3O7. The molecule has 0 spiro atoms. The average molecular weight is 442 g/mol. The largest absolute Gasteiger partial charge is 0.481 e. The third-order valence-corrected chi connectivity index (χ3v) is 5.22. The molecule has 1 rings (SSSR count). The predicted octanol–water partition coefficient (Wildman–Crippen LogP) is 2.04. The fourth-order valence-electron chi connectivity index (χ4n) is 3.43. The Hall–Kier alpha value is -2.65. The van der Waals surface area contributed by atoms with E-state index in [-0.39, 0.29) is 19.6 Å². The van der Waals surface area contributed by atoms with Crippen molar-refractivity contribution >= 4 is 11.9 Å². The van der Waals surface area contributed by atoms with Crippen LogP contribution in [-0.2, 0) is 29.2 Å². The summed E-state index contributed by atoms with van der Waals surface area (Å²) >= 11 is 0. The molecule has 176 valence electrons. The highest BCUT2D eigenvalue weighted by Crippen LogP contribution is 2.10. The van der Waals surface area contributed by atoms with Crippen LogP contribution in [0.25, 0.3) is 0 Å². The zero-order chi connectivity index (χ0) is 23.2. The van der Waals surface area contributed by atoms with Crippen LogP contribution in [0.2, 0.25) is 0 Å². The first-order valence-electron chi connectivity index (χ1n) is 11.2. The molecule has 0 saturated carbocycles. The highest BCUT2D eigenvalue weighted by atomic mass is 16.4. The Kier molecular flexibility index (Phi) is 12.2. The summed E-state index contributed by atoms with van der Waals surface area (Å²) in [5.41, 5.74) is -2.67. The fraction of sp³-hybridized carbons (Fsp3) is 0.762. The number of carboxylic acid groups (broad SMARTS) is 2. The Morgan fingerprint density at radius 3 is 1.26 bits per heavy atom. The number of hydrogen-bond acceptors (Lipinski definition) is 5. The smallest absolute Gasteiger partial charge is 0.336 e. The molecule has 0 atom stereocenters. The van der Waals surface area contributed by atoms with Gasteiger partial charge in [0.1, 0.15) is 0 Å². The van der Waals surface area contributed by atoms with Crippen LogP contribution in [0.15, 0.2) is 14.4 Å². The van der Waals surface area contributed by atoms with E-state index in [1.54, 1.807) is 0 Å². The van der Waals surface area contributed by atoms with Crippen molar-refractivity contribution in [1.82, 2.24) is 13.7 Å². The van der Waals surface area contributed by atoms with Gasteiger partial charge in [-0.05, 0) is 6.42 Å². The first kappa shape index (κ1) is 26.4. The third kappa shape index (κ3) is 9.35. The van der Waals surface area contributed by atoms with Crippen LogP contribution in [0.5, 0.6) is 0 Å². The van der Waals surface area contributed by atoms with Gasteiger partial charge < -0.3 is 10.2 Å². The lowest BCUT2D eigenvalue weighted by atomic mass is 10.1. The molecular weight excluding hydrogens is 406 g/mol. The van der Waals surface area contributed by atoms with Crippen molar-refractivity contribution in [2.45, 2.75) is 104 Å². The van der Waals surface area contributed by atoms with Crippen LogP contribution in [-0.4, -0.2) is 35.9 Å². The fourth-order valence-corrected chi connectivity index (χ4v) is 3.43. The molecule has 0 radical (unpaired) electrons. The van der Waals surface area contributed by atoms with E-state index in [0.29, 0.717) is 15.6 Å². The molecule has 10 nitrogen and oxygen atoms in total. The number of nitrogens with zero attached hydrogens (tertiary/aromatic N) is 3. The summed E-state index contributed by atoms with van der Waals surface area (Å²) in [6.45, 7) is 1.54. The molecule has 0 saturated heterocycles. The van der Waals surface area contributed by atoms with E-state index in [4.69, 9.17) is 10.2 Å². The van der Waals surface area contributed by atoms with Crippen molar-refractivity contribution in [2.24, 2.45) is 0 Å². The molecule has 0 aliphatic heterocycles. The molecule has 1 heterocycles. The number of rotatable bonds is 17. The summed E-state index contributed by atoms with van der Waals surface area (Å²) < 4.78 is 2.32. The summed E-state index contributed by atoms with van der Waals surface area (Å²) in [5.74, 6) is -2.37. The number of unbranched alkanes of at least 4 members (excludes halogenated alkanes) is 9. The summed E-state index contributed by atoms with van der Waals surface area (Å²) in [6.07, 6.45) is 9.93. The second kappa shape index (κ2) is 14.4. The Morgan fingerprint density at radius 2 is 0.903 bits per heavy atom. The molecule has 0 aromatic carbocycles. The molecule has 1 aromatic rings. The minimum absolute atomic E-state index is 0.106. The molecule has 0 fully saturated rings. The van der Waals surface area contributed by atoms with Crippen LogP contribution >= 0.6 is 0 Å². The monoisotopic (exact) mass is 441 g/mol. The zero-order valence-electron chi connectivity index (χ0n) is 18.4. The van der Waals surface area contributed by atoms with Gasteiger partial charge in [0, 0.05) is 19.6 Å². The van der Waals surface area contributed by atoms with Crippen LogP contribution in [0.1, 0.15) is 84.0 Å². The van der Waals surface area contributed by atoms with Crippen molar-refractivity contribution in [3.05, 3.63) is 31.5 Å². The molecule has 1 aromatic heterocycles. The van der Waals surface area contributed by atoms with Gasteiger partial charge in [-0.25, -0.2) is 28.1 Å². The minimum Gasteiger partial charge on any atom is -0.481 e. The van der Waals surface area contributed by atoms with Gasteiger partial charge in [-0.15, -0.1) is 0 Å². The molecule has 31 heavy (non-hydrogen) atoms. The Bertz CT molecular complexity index is 826. The zero-order valence-corrected chi connectivity index (χ0v) is 18.4. The molecule has 0 amide bonds. The van der Waals surface area contributed by atoms with Gasteiger partial charge in [-0.1, -0.05) is 64.7 Å². The van der Waals surface area contributed by atoms with E-state index in [2.05, 4.69) is 6.92 Å². The second-order valence-corrected chi connectivity index (χ2v) is 7.77. The topological polar surface area (TPSA) is 141 Å². The normalized spacial score (nSPS) is 11.0. The maximum atomic E-state index is 12.6. The molecule has 0 aliphatic rings. The molecule has 0 aliphatic carbocycles. The van der Waals surface area contributed by atoms with Gasteiger partial charge in [0.25, 0.3) is 0 Å². The number of aliphatic carboxylic acids is 2. The predicted molar refractivity (Wildman–Crippen MR) is 116 cm³/mol. The number of aromatic nitrogens is 3. The van der Waals surface area contributed by atoms with Crippen molar-refractivity contribution in [1.29, 1.82) is 0 Å². The van der Waals surface area contributed by atoms with Gasteiger partial charge in [0.2, 0.25) is 0 Å². The lowest BCUT2D eigenvalue weighted by Crippen LogP contribution is -2.54. The number of carbonyl (C=O) groups is 2. The maximum absolute atomic E-state index is 12.6. The van der Waals surface area contributed by atoms with Crippen molar-refractivity contribution in [3.8, 4) is 0 Å². The maximum Gasteiger partial charge on any atom is 0.336 e. The van der Waals surface area contributed by atoms with Gasteiger partial charge in [-0.2, -0.15) is 0 Å². The lowest BCUT2D eigenvalue weighted by molar-refractivity contribution is -0.138. The Balaban J connectivity index is 2.78. The number of hydrogen-bond donors (Lipinski definition) is 2. The standard InChI is InChI=1S/C21H35N3O7/c1-2-3-4-5-6-7-8-9-10-11-14-22-19(29)23(15-12-17(25)26)21(31)24(20(22)30)16-13-18(27)28/h2-16H2,1H3,(H,25,26)(H,27,28). The summed E-state index contributed by atoms with van der Waals surface area (Å²) in [7, 11) is 0. The first-order valence-corrected chi connectivity index (χ1v) is 11.2. The second-order valence-electron chi connectivity index (χ2n) is 7.77. The van der Waals surface area contributed by atoms with E-state index >= 15 is 0 Å². The van der Waals surface area contributed by atoms with Gasteiger partial charge in [0.05, 0.1) is 12.8 Å². The minimum atomic E-state index is -1.18. The highest BCUT2D eigenvalue weighted by Gasteiger charge is 2.16. The lowest BCUT2D eigenvalue weighted by Gasteiger charge is -2.13. The van der Waals surface area contributed by atoms with Crippen LogP contribution in [0.3, 0.4) is 0 Å². The Labute approximate surface area is 181 Å². The van der Waals surface area contributed by atoms with Crippen LogP contribution in [0.4, 0.5) is 0 Å². The average Bonchev–Trinajstić information content (AvgIpc) is 2.70. The van der Waals surface area contributed by atoms with Gasteiger partial charge >= 0.3 is 29.0 Å². The van der Waals surface area contributed by atoms with Crippen molar-refractivity contribution < 1.29 is 19.8 Å². The van der Waals surface area contributed by atoms with E-state index < -0.39 is 41.8 Å². The Morgan fingerprint density at radius 1 is 0.581 bits per heavy atom. The van der Waals surface area contributed by atoms with Gasteiger partial charge in [-0.3, -0.25) is 9.59 Å². The van der Waals surface area contributed by atoms with E-state index in [9.17, 15) is 24.0 Å². The molecule has 0 bridgehead atoms. The summed E-state index contributed by atoms with van der Waals surface area (Å²) in [6, 6.07) is 0. The number of carboxylic acids is 2. The summed E-state index contributed by atoms with van der Waals surface area (Å²) in [5, 5.41) is 17.7. The van der Waals surface area contributed by atoms with E-state index in [1.165, 1.54) is 32.1 Å². The van der Waals surface area contributed by atoms with E-state index in [1.807, 2.05) is 0 Å². The third-order valence-electron chi connectivity index (χ3n) is 5.22. The van der Waals surface area contributed by atoms with Gasteiger partial charge in [0.15, 0.2) is 0 Å². The van der Waals surface area contributed by atoms with Crippen LogP contribution < -0.4 is 17.1 Å². The molecule has 2 N–H and O–H groups in total.